The highest BCUT2D eigenvalue weighted by atomic mass is 32.3. The summed E-state index contributed by atoms with van der Waals surface area (Å²) in [7, 11) is -4.48. The molecule has 0 aliphatic carbocycles. The molecule has 0 atom stereocenters. The summed E-state index contributed by atoms with van der Waals surface area (Å²) in [5, 5.41) is 0. The summed E-state index contributed by atoms with van der Waals surface area (Å²) in [6, 6.07) is 0. The fraction of sp³-hybridized carbons (Fsp3) is 1.00. The van der Waals surface area contributed by atoms with Crippen molar-refractivity contribution in [3.8, 4) is 0 Å². The van der Waals surface area contributed by atoms with Gasteiger partial charge in [-0.15, -0.1) is 0 Å². The van der Waals surface area contributed by atoms with E-state index in [4.69, 9.17) is 0 Å². The largest absolute Gasteiger partial charge is 0.726 e. The summed E-state index contributed by atoms with van der Waals surface area (Å²) < 4.78 is 36.0. The second kappa shape index (κ2) is 73.3. The molecule has 82 heavy (non-hydrogen) atoms. The minimum absolute atomic E-state index is 0.0301. The SMILES string of the molecule is CCCCCCCCCCCCCCCC[N+](CCCCCCCCCCCCCCCC)(CCCCCCCCCCCCCCCC)CCCCCCCCCCCCCCCC.CCCCCCCCCCCCOS(=O)(=O)[O-]. The van der Waals surface area contributed by atoms with E-state index in [2.05, 4.69) is 38.8 Å². The first-order chi connectivity index (χ1) is 40.3. The van der Waals surface area contributed by atoms with Gasteiger partial charge in [0.2, 0.25) is 10.4 Å². The number of quaternary nitrogens is 1. The molecule has 6 heteroatoms. The van der Waals surface area contributed by atoms with Crippen molar-refractivity contribution >= 4 is 10.4 Å². The van der Waals surface area contributed by atoms with Crippen LogP contribution in [0.15, 0.2) is 0 Å². The first-order valence-corrected chi connectivity index (χ1v) is 40.1. The molecular formula is C76H157NO4S. The van der Waals surface area contributed by atoms with Crippen LogP contribution in [0.2, 0.25) is 0 Å². The van der Waals surface area contributed by atoms with Gasteiger partial charge in [-0.25, -0.2) is 8.42 Å². The first-order valence-electron chi connectivity index (χ1n) is 38.8. The number of hydrogen-bond donors (Lipinski definition) is 0. The van der Waals surface area contributed by atoms with Crippen LogP contribution >= 0.6 is 0 Å². The quantitative estimate of drug-likeness (QED) is 0.0263. The summed E-state index contributed by atoms with van der Waals surface area (Å²) >= 11 is 0. The van der Waals surface area contributed by atoms with Gasteiger partial charge in [0.1, 0.15) is 0 Å². The topological polar surface area (TPSA) is 66.4 Å². The van der Waals surface area contributed by atoms with Gasteiger partial charge in [-0.1, -0.05) is 401 Å². The molecule has 0 unspecified atom stereocenters. The van der Waals surface area contributed by atoms with Crippen molar-refractivity contribution < 1.29 is 21.6 Å². The Morgan fingerprint density at radius 2 is 0.329 bits per heavy atom. The molecule has 0 rings (SSSR count). The van der Waals surface area contributed by atoms with E-state index in [0.29, 0.717) is 6.42 Å². The van der Waals surface area contributed by atoms with Crippen LogP contribution in [0, 0.1) is 0 Å². The summed E-state index contributed by atoms with van der Waals surface area (Å²) in [6.45, 7) is 17.6. The van der Waals surface area contributed by atoms with Gasteiger partial charge in [0, 0.05) is 0 Å². The van der Waals surface area contributed by atoms with Gasteiger partial charge in [-0.05, 0) is 57.8 Å². The zero-order chi connectivity index (χ0) is 59.9. The second-order valence-corrected chi connectivity index (χ2v) is 28.1. The maximum atomic E-state index is 10.1. The van der Waals surface area contributed by atoms with Gasteiger partial charge in [0.15, 0.2) is 0 Å². The van der Waals surface area contributed by atoms with Crippen LogP contribution in [0.5, 0.6) is 0 Å². The van der Waals surface area contributed by atoms with Crippen LogP contribution in [0.4, 0.5) is 0 Å². The summed E-state index contributed by atoms with van der Waals surface area (Å²) in [4.78, 5) is 0. The zero-order valence-corrected chi connectivity index (χ0v) is 58.5. The molecule has 0 heterocycles. The summed E-state index contributed by atoms with van der Waals surface area (Å²) in [6.07, 6.45) is 94.4. The van der Waals surface area contributed by atoms with E-state index in [9.17, 15) is 13.0 Å². The van der Waals surface area contributed by atoms with Gasteiger partial charge in [0.05, 0.1) is 32.8 Å². The molecule has 0 aliphatic rings. The molecule has 0 aromatic carbocycles. The monoisotopic (exact) mass is 1180 g/mol. The lowest BCUT2D eigenvalue weighted by Crippen LogP contribution is -2.50. The molecular weight excluding hydrogens is 1020 g/mol. The van der Waals surface area contributed by atoms with Crippen LogP contribution in [0.1, 0.15) is 458 Å². The molecule has 5 nitrogen and oxygen atoms in total. The highest BCUT2D eigenvalue weighted by molar-refractivity contribution is 7.80. The van der Waals surface area contributed by atoms with Crippen LogP contribution in [-0.4, -0.2) is 50.2 Å². The standard InChI is InChI=1S/C64H132N.C12H26O4S/c1-5-9-13-17-21-25-29-33-37-41-45-49-53-57-61-65(62-58-54-50-46-42-38-34-30-26-22-18-14-10-6-2,63-59-55-51-47-43-39-35-31-27-23-19-15-11-7-3)64-60-56-52-48-44-40-36-32-28-24-20-16-12-8-4;1-2-3-4-5-6-7-8-9-10-11-12-16-17(13,14)15/h5-64H2,1-4H3;2-12H2,1H3,(H,13,14,15)/q+1;/p-1. The highest BCUT2D eigenvalue weighted by Crippen LogP contribution is 2.23. The Bertz CT molecular complexity index is 1090. The van der Waals surface area contributed by atoms with Crippen molar-refractivity contribution in [1.29, 1.82) is 0 Å². The van der Waals surface area contributed by atoms with Crippen molar-refractivity contribution in [2.24, 2.45) is 0 Å². The third-order valence-corrected chi connectivity index (χ3v) is 19.1. The molecule has 0 amide bonds. The Hall–Kier alpha value is -0.170. The second-order valence-electron chi connectivity index (χ2n) is 27.0. The van der Waals surface area contributed by atoms with Crippen molar-refractivity contribution in [3.63, 3.8) is 0 Å². The molecule has 0 aromatic rings. The number of unbranched alkanes of at least 4 members (excludes halogenated alkanes) is 61. The molecule has 0 radical (unpaired) electrons. The van der Waals surface area contributed by atoms with Crippen molar-refractivity contribution in [2.45, 2.75) is 458 Å². The van der Waals surface area contributed by atoms with E-state index in [1.54, 1.807) is 0 Å². The van der Waals surface area contributed by atoms with Crippen molar-refractivity contribution in [1.82, 2.24) is 0 Å². The zero-order valence-electron chi connectivity index (χ0n) is 57.7. The van der Waals surface area contributed by atoms with Gasteiger partial charge in [-0.3, -0.25) is 4.18 Å². The molecule has 496 valence electrons. The van der Waals surface area contributed by atoms with E-state index in [-0.39, 0.29) is 6.61 Å². The Morgan fingerprint density at radius 1 is 0.207 bits per heavy atom. The number of hydrogen-bond acceptors (Lipinski definition) is 4. The lowest BCUT2D eigenvalue weighted by atomic mass is 10.0. The van der Waals surface area contributed by atoms with Crippen LogP contribution < -0.4 is 0 Å². The Balaban J connectivity index is 0. The molecule has 0 N–H and O–H groups in total. The predicted octanol–water partition coefficient (Wildman–Crippen LogP) is 27.1. The fourth-order valence-electron chi connectivity index (χ4n) is 13.0. The molecule has 0 fully saturated rings. The van der Waals surface area contributed by atoms with Crippen LogP contribution in [0.3, 0.4) is 0 Å². The average molecular weight is 1180 g/mol. The van der Waals surface area contributed by atoms with Crippen molar-refractivity contribution in [2.75, 3.05) is 32.8 Å². The van der Waals surface area contributed by atoms with E-state index >= 15 is 0 Å². The molecule has 0 saturated heterocycles. The molecule has 0 saturated carbocycles. The maximum absolute atomic E-state index is 10.1. The molecule has 0 aromatic heterocycles. The third-order valence-electron chi connectivity index (χ3n) is 18.7. The van der Waals surface area contributed by atoms with E-state index in [0.717, 1.165) is 12.8 Å². The highest BCUT2D eigenvalue weighted by Gasteiger charge is 2.26. The lowest BCUT2D eigenvalue weighted by Gasteiger charge is -2.40. The minimum Gasteiger partial charge on any atom is -0.726 e. The third kappa shape index (κ3) is 74.1. The smallest absolute Gasteiger partial charge is 0.217 e. The lowest BCUT2D eigenvalue weighted by molar-refractivity contribution is -0.929. The van der Waals surface area contributed by atoms with E-state index in [1.807, 2.05) is 0 Å². The van der Waals surface area contributed by atoms with Crippen LogP contribution in [-0.2, 0) is 14.6 Å². The summed E-state index contributed by atoms with van der Waals surface area (Å²) in [5.41, 5.74) is 0. The number of nitrogens with zero attached hydrogens (tertiary/aromatic N) is 1. The Kier molecular flexibility index (Phi) is 75.0. The van der Waals surface area contributed by atoms with Gasteiger partial charge < -0.3 is 9.04 Å². The van der Waals surface area contributed by atoms with E-state index in [1.165, 1.54) is 435 Å². The van der Waals surface area contributed by atoms with E-state index < -0.39 is 10.4 Å². The fourth-order valence-corrected chi connectivity index (χ4v) is 13.3. The predicted molar refractivity (Wildman–Crippen MR) is 368 cm³/mol. The first kappa shape index (κ1) is 83.9. The van der Waals surface area contributed by atoms with Crippen molar-refractivity contribution in [3.05, 3.63) is 0 Å². The van der Waals surface area contributed by atoms with Crippen LogP contribution in [0.25, 0.3) is 0 Å². The Labute approximate surface area is 520 Å². The number of rotatable bonds is 72. The molecule has 0 aliphatic heterocycles. The molecule has 0 bridgehead atoms. The minimum atomic E-state index is -4.48. The Morgan fingerprint density at radius 3 is 0.463 bits per heavy atom. The van der Waals surface area contributed by atoms with Gasteiger partial charge in [-0.2, -0.15) is 0 Å². The maximum Gasteiger partial charge on any atom is 0.217 e. The normalized spacial score (nSPS) is 12.0. The van der Waals surface area contributed by atoms with Gasteiger partial charge in [0.25, 0.3) is 0 Å². The van der Waals surface area contributed by atoms with Gasteiger partial charge >= 0.3 is 0 Å². The summed E-state index contributed by atoms with van der Waals surface area (Å²) in [5.74, 6) is 0. The molecule has 0 spiro atoms. The average Bonchev–Trinajstić information content (AvgIpc) is 3.50.